The van der Waals surface area contributed by atoms with Gasteiger partial charge in [0.25, 0.3) is 0 Å². The lowest BCUT2D eigenvalue weighted by atomic mass is 9.77. The monoisotopic (exact) mass is 257 g/mol. The number of nitrogens with one attached hydrogen (secondary N) is 1. The summed E-state index contributed by atoms with van der Waals surface area (Å²) in [6.45, 7) is 6.64. The molecule has 4 unspecified atom stereocenters. The molecular formula is C14H27NOS. The minimum Gasteiger partial charge on any atom is -0.375 e. The third kappa shape index (κ3) is 3.87. The maximum absolute atomic E-state index is 6.00. The van der Waals surface area contributed by atoms with Crippen LogP contribution in [0.1, 0.15) is 39.5 Å². The summed E-state index contributed by atoms with van der Waals surface area (Å²) in [4.78, 5) is 0. The molecule has 2 aliphatic rings. The summed E-state index contributed by atoms with van der Waals surface area (Å²) in [6.07, 6.45) is 6.07. The zero-order chi connectivity index (χ0) is 12.1. The van der Waals surface area contributed by atoms with Gasteiger partial charge in [-0.1, -0.05) is 26.7 Å². The summed E-state index contributed by atoms with van der Waals surface area (Å²) in [7, 11) is 0. The topological polar surface area (TPSA) is 21.3 Å². The van der Waals surface area contributed by atoms with Crippen molar-refractivity contribution in [1.29, 1.82) is 0 Å². The molecule has 17 heavy (non-hydrogen) atoms. The van der Waals surface area contributed by atoms with Gasteiger partial charge in [-0.25, -0.2) is 0 Å². The van der Waals surface area contributed by atoms with Crippen molar-refractivity contribution < 1.29 is 4.74 Å². The van der Waals surface area contributed by atoms with Crippen LogP contribution in [0.25, 0.3) is 0 Å². The molecule has 0 aromatic heterocycles. The quantitative estimate of drug-likeness (QED) is 0.837. The van der Waals surface area contributed by atoms with E-state index in [4.69, 9.17) is 4.74 Å². The van der Waals surface area contributed by atoms with E-state index in [1.807, 2.05) is 0 Å². The molecule has 0 amide bonds. The molecule has 1 aliphatic carbocycles. The molecule has 1 N–H and O–H groups in total. The van der Waals surface area contributed by atoms with E-state index in [2.05, 4.69) is 30.9 Å². The fraction of sp³-hybridized carbons (Fsp3) is 1.00. The Labute approximate surface area is 110 Å². The maximum atomic E-state index is 6.00. The number of hydrogen-bond donors (Lipinski definition) is 1. The first-order valence-electron chi connectivity index (χ1n) is 7.24. The van der Waals surface area contributed by atoms with Crippen molar-refractivity contribution in [2.75, 3.05) is 24.7 Å². The summed E-state index contributed by atoms with van der Waals surface area (Å²) in [5, 5.41) is 3.70. The summed E-state index contributed by atoms with van der Waals surface area (Å²) in [5.74, 6) is 4.10. The van der Waals surface area contributed by atoms with Gasteiger partial charge in [0.05, 0.1) is 12.7 Å². The average Bonchev–Trinajstić information content (AvgIpc) is 2.37. The Morgan fingerprint density at radius 2 is 2.29 bits per heavy atom. The Kier molecular flexibility index (Phi) is 5.64. The Morgan fingerprint density at radius 1 is 1.41 bits per heavy atom. The van der Waals surface area contributed by atoms with Gasteiger partial charge in [-0.05, 0) is 31.2 Å². The first-order valence-corrected chi connectivity index (χ1v) is 8.39. The summed E-state index contributed by atoms with van der Waals surface area (Å²) in [6, 6.07) is 0.593. The standard InChI is InChI=1S/C14H27NOS/c1-3-15-14(13-10-17-8-7-16-13)12-6-4-5-11(2)9-12/h11-15H,3-10H2,1-2H3. The zero-order valence-corrected chi connectivity index (χ0v) is 12.1. The second kappa shape index (κ2) is 7.01. The van der Waals surface area contributed by atoms with Crippen molar-refractivity contribution in [1.82, 2.24) is 5.32 Å². The molecule has 4 atom stereocenters. The van der Waals surface area contributed by atoms with Gasteiger partial charge in [0.2, 0.25) is 0 Å². The van der Waals surface area contributed by atoms with E-state index in [9.17, 15) is 0 Å². The number of ether oxygens (including phenoxy) is 1. The molecule has 0 aromatic rings. The first kappa shape index (κ1) is 13.7. The highest BCUT2D eigenvalue weighted by atomic mass is 32.2. The molecule has 0 bridgehead atoms. The van der Waals surface area contributed by atoms with Crippen molar-refractivity contribution in [3.8, 4) is 0 Å². The van der Waals surface area contributed by atoms with Gasteiger partial charge >= 0.3 is 0 Å². The second-order valence-corrected chi connectivity index (χ2v) is 6.75. The predicted molar refractivity (Wildman–Crippen MR) is 75.7 cm³/mol. The van der Waals surface area contributed by atoms with Crippen LogP contribution in [0.4, 0.5) is 0 Å². The third-order valence-corrected chi connectivity index (χ3v) is 5.19. The van der Waals surface area contributed by atoms with E-state index in [1.54, 1.807) is 0 Å². The van der Waals surface area contributed by atoms with Crippen LogP contribution < -0.4 is 5.32 Å². The fourth-order valence-electron chi connectivity index (χ4n) is 3.36. The normalized spacial score (nSPS) is 36.7. The lowest BCUT2D eigenvalue weighted by Gasteiger charge is -2.39. The number of rotatable bonds is 4. The van der Waals surface area contributed by atoms with Crippen LogP contribution in [0, 0.1) is 11.8 Å². The molecule has 100 valence electrons. The van der Waals surface area contributed by atoms with Gasteiger partial charge < -0.3 is 10.1 Å². The Bertz CT molecular complexity index is 218. The van der Waals surface area contributed by atoms with Crippen LogP contribution in [-0.4, -0.2) is 36.8 Å². The van der Waals surface area contributed by atoms with Crippen LogP contribution >= 0.6 is 11.8 Å². The fourth-order valence-corrected chi connectivity index (χ4v) is 4.27. The maximum Gasteiger partial charge on any atom is 0.0821 e. The molecule has 0 spiro atoms. The van der Waals surface area contributed by atoms with Crippen molar-refractivity contribution in [3.63, 3.8) is 0 Å². The Morgan fingerprint density at radius 3 is 2.94 bits per heavy atom. The van der Waals surface area contributed by atoms with Gasteiger partial charge in [-0.2, -0.15) is 11.8 Å². The van der Waals surface area contributed by atoms with E-state index < -0.39 is 0 Å². The van der Waals surface area contributed by atoms with Crippen LogP contribution in [0.2, 0.25) is 0 Å². The number of thioether (sulfide) groups is 1. The molecule has 1 saturated heterocycles. The Hall–Kier alpha value is 0.270. The van der Waals surface area contributed by atoms with Crippen molar-refractivity contribution in [2.45, 2.75) is 51.7 Å². The van der Waals surface area contributed by atoms with Crippen LogP contribution in [-0.2, 0) is 4.74 Å². The molecule has 0 aromatic carbocycles. The zero-order valence-electron chi connectivity index (χ0n) is 11.3. The van der Waals surface area contributed by atoms with E-state index in [-0.39, 0.29) is 0 Å². The second-order valence-electron chi connectivity index (χ2n) is 5.60. The molecule has 0 radical (unpaired) electrons. The molecule has 1 heterocycles. The van der Waals surface area contributed by atoms with E-state index in [1.165, 1.54) is 37.2 Å². The van der Waals surface area contributed by atoms with E-state index in [0.29, 0.717) is 12.1 Å². The predicted octanol–water partition coefficient (Wildman–Crippen LogP) is 2.92. The van der Waals surface area contributed by atoms with Gasteiger partial charge in [0.15, 0.2) is 0 Å². The summed E-state index contributed by atoms with van der Waals surface area (Å²) >= 11 is 2.06. The van der Waals surface area contributed by atoms with E-state index in [0.717, 1.165) is 25.0 Å². The highest BCUT2D eigenvalue weighted by molar-refractivity contribution is 7.99. The van der Waals surface area contributed by atoms with Gasteiger partial charge in [-0.15, -0.1) is 0 Å². The summed E-state index contributed by atoms with van der Waals surface area (Å²) in [5.41, 5.74) is 0. The molecule has 3 heteroatoms. The molecule has 1 saturated carbocycles. The highest BCUT2D eigenvalue weighted by Gasteiger charge is 2.33. The molecule has 2 fully saturated rings. The number of likely N-dealkylation sites (N-methyl/N-ethyl adjacent to an activating group) is 1. The molecular weight excluding hydrogens is 230 g/mol. The SMILES string of the molecule is CCNC(C1CCCC(C)C1)C1CSCCO1. The van der Waals surface area contributed by atoms with Gasteiger partial charge in [0, 0.05) is 17.5 Å². The van der Waals surface area contributed by atoms with Crippen LogP contribution in [0.3, 0.4) is 0 Å². The first-order chi connectivity index (χ1) is 8.31. The molecule has 2 rings (SSSR count). The Balaban J connectivity index is 1.94. The van der Waals surface area contributed by atoms with Crippen LogP contribution in [0.5, 0.6) is 0 Å². The van der Waals surface area contributed by atoms with Crippen molar-refractivity contribution >= 4 is 11.8 Å². The van der Waals surface area contributed by atoms with E-state index >= 15 is 0 Å². The minimum absolute atomic E-state index is 0.448. The lowest BCUT2D eigenvalue weighted by Crippen LogP contribution is -2.50. The highest BCUT2D eigenvalue weighted by Crippen LogP contribution is 2.33. The third-order valence-electron chi connectivity index (χ3n) is 4.17. The average molecular weight is 257 g/mol. The smallest absolute Gasteiger partial charge is 0.0821 e. The van der Waals surface area contributed by atoms with Crippen molar-refractivity contribution in [2.24, 2.45) is 11.8 Å². The van der Waals surface area contributed by atoms with Gasteiger partial charge in [-0.3, -0.25) is 0 Å². The van der Waals surface area contributed by atoms with Gasteiger partial charge in [0.1, 0.15) is 0 Å². The number of hydrogen-bond acceptors (Lipinski definition) is 3. The summed E-state index contributed by atoms with van der Waals surface area (Å²) < 4.78 is 6.00. The van der Waals surface area contributed by atoms with Crippen LogP contribution in [0.15, 0.2) is 0 Å². The molecule has 2 nitrogen and oxygen atoms in total. The molecule has 1 aliphatic heterocycles. The van der Waals surface area contributed by atoms with Crippen molar-refractivity contribution in [3.05, 3.63) is 0 Å². The lowest BCUT2D eigenvalue weighted by molar-refractivity contribution is 0.0202. The largest absolute Gasteiger partial charge is 0.375 e. The minimum atomic E-state index is 0.448.